The molecule has 0 saturated carbocycles. The molecule has 4 nitrogen and oxygen atoms in total. The maximum absolute atomic E-state index is 12.1. The number of hydrogen-bond acceptors (Lipinski definition) is 2. The molecule has 1 saturated heterocycles. The molecule has 2 rings (SSSR count). The Labute approximate surface area is 126 Å². The molecule has 21 heavy (non-hydrogen) atoms. The summed E-state index contributed by atoms with van der Waals surface area (Å²) < 4.78 is 0. The van der Waals surface area contributed by atoms with E-state index in [0.29, 0.717) is 25.4 Å². The third-order valence-corrected chi connectivity index (χ3v) is 3.73. The Morgan fingerprint density at radius 1 is 1.33 bits per heavy atom. The van der Waals surface area contributed by atoms with Gasteiger partial charge in [-0.3, -0.25) is 9.59 Å². The number of rotatable bonds is 6. The Morgan fingerprint density at radius 3 is 2.71 bits per heavy atom. The predicted molar refractivity (Wildman–Crippen MR) is 82.7 cm³/mol. The Balaban J connectivity index is 1.75. The topological polar surface area (TPSA) is 49.4 Å². The van der Waals surface area contributed by atoms with E-state index in [-0.39, 0.29) is 17.7 Å². The molecule has 1 aliphatic heterocycles. The minimum atomic E-state index is -0.188. The lowest BCUT2D eigenvalue weighted by atomic mass is 10.1. The molecule has 1 fully saturated rings. The summed E-state index contributed by atoms with van der Waals surface area (Å²) >= 11 is 0. The van der Waals surface area contributed by atoms with Crippen molar-refractivity contribution in [3.05, 3.63) is 35.9 Å². The predicted octanol–water partition coefficient (Wildman–Crippen LogP) is 1.85. The molecule has 0 aromatic heterocycles. The first kappa shape index (κ1) is 15.5. The number of nitrogens with zero attached hydrogens (tertiary/aromatic N) is 1. The van der Waals surface area contributed by atoms with Crippen LogP contribution in [-0.4, -0.2) is 36.3 Å². The first-order valence-electron chi connectivity index (χ1n) is 7.65. The number of carbonyl (C=O) groups is 2. The minimum absolute atomic E-state index is 0.00513. The van der Waals surface area contributed by atoms with Crippen LogP contribution in [0.1, 0.15) is 25.8 Å². The molecule has 1 unspecified atom stereocenters. The smallest absolute Gasteiger partial charge is 0.225 e. The second kappa shape index (κ2) is 7.25. The number of nitrogens with one attached hydrogen (secondary N) is 1. The largest absolute Gasteiger partial charge is 0.355 e. The van der Waals surface area contributed by atoms with Crippen molar-refractivity contribution in [3.63, 3.8) is 0 Å². The van der Waals surface area contributed by atoms with Gasteiger partial charge in [0.15, 0.2) is 0 Å². The van der Waals surface area contributed by atoms with Gasteiger partial charge in [-0.05, 0) is 17.9 Å². The van der Waals surface area contributed by atoms with Gasteiger partial charge in [-0.1, -0.05) is 44.2 Å². The van der Waals surface area contributed by atoms with Gasteiger partial charge in [-0.15, -0.1) is 0 Å². The summed E-state index contributed by atoms with van der Waals surface area (Å²) in [6, 6.07) is 10.1. The molecule has 0 bridgehead atoms. The van der Waals surface area contributed by atoms with E-state index in [9.17, 15) is 9.59 Å². The average molecular weight is 288 g/mol. The molecule has 4 heteroatoms. The van der Waals surface area contributed by atoms with E-state index in [1.807, 2.05) is 23.1 Å². The van der Waals surface area contributed by atoms with Crippen LogP contribution in [0.5, 0.6) is 0 Å². The van der Waals surface area contributed by atoms with Crippen LogP contribution in [-0.2, 0) is 16.0 Å². The van der Waals surface area contributed by atoms with Crippen LogP contribution >= 0.6 is 0 Å². The molecular weight excluding hydrogens is 264 g/mol. The van der Waals surface area contributed by atoms with E-state index in [1.165, 1.54) is 5.56 Å². The fourth-order valence-electron chi connectivity index (χ4n) is 2.68. The molecule has 0 spiro atoms. The van der Waals surface area contributed by atoms with Gasteiger partial charge in [0.1, 0.15) is 0 Å². The van der Waals surface area contributed by atoms with Crippen LogP contribution in [0.25, 0.3) is 0 Å². The van der Waals surface area contributed by atoms with Gasteiger partial charge in [0.05, 0.1) is 5.92 Å². The number of carbonyl (C=O) groups excluding carboxylic acids is 2. The number of benzene rings is 1. The van der Waals surface area contributed by atoms with Crippen molar-refractivity contribution in [1.82, 2.24) is 10.2 Å². The molecule has 1 aliphatic rings. The maximum Gasteiger partial charge on any atom is 0.225 e. The molecule has 0 aliphatic carbocycles. The van der Waals surface area contributed by atoms with Crippen molar-refractivity contribution in [2.24, 2.45) is 11.8 Å². The zero-order valence-electron chi connectivity index (χ0n) is 12.8. The van der Waals surface area contributed by atoms with Crippen LogP contribution < -0.4 is 5.32 Å². The minimum Gasteiger partial charge on any atom is -0.355 e. The monoisotopic (exact) mass is 288 g/mol. The van der Waals surface area contributed by atoms with Gasteiger partial charge in [0, 0.05) is 26.1 Å². The first-order valence-corrected chi connectivity index (χ1v) is 7.65. The SMILES string of the molecule is CC(C)CN1CC(C(=O)NCCc2ccccc2)CC1=O. The molecule has 1 atom stereocenters. The summed E-state index contributed by atoms with van der Waals surface area (Å²) in [6.07, 6.45) is 1.17. The summed E-state index contributed by atoms with van der Waals surface area (Å²) in [5, 5.41) is 2.95. The van der Waals surface area contributed by atoms with Crippen molar-refractivity contribution in [3.8, 4) is 0 Å². The van der Waals surface area contributed by atoms with Gasteiger partial charge >= 0.3 is 0 Å². The molecule has 1 aromatic carbocycles. The highest BCUT2D eigenvalue weighted by Crippen LogP contribution is 2.19. The number of hydrogen-bond donors (Lipinski definition) is 1. The van der Waals surface area contributed by atoms with E-state index < -0.39 is 0 Å². The van der Waals surface area contributed by atoms with Gasteiger partial charge in [-0.2, -0.15) is 0 Å². The quantitative estimate of drug-likeness (QED) is 0.868. The highest BCUT2D eigenvalue weighted by molar-refractivity contribution is 5.89. The van der Waals surface area contributed by atoms with E-state index >= 15 is 0 Å². The summed E-state index contributed by atoms with van der Waals surface area (Å²) in [7, 11) is 0. The molecule has 1 heterocycles. The Kier molecular flexibility index (Phi) is 5.37. The lowest BCUT2D eigenvalue weighted by molar-refractivity contribution is -0.129. The maximum atomic E-state index is 12.1. The van der Waals surface area contributed by atoms with Crippen molar-refractivity contribution >= 4 is 11.8 Å². The Bertz CT molecular complexity index is 485. The van der Waals surface area contributed by atoms with Gasteiger partial charge < -0.3 is 10.2 Å². The fourth-order valence-corrected chi connectivity index (χ4v) is 2.68. The van der Waals surface area contributed by atoms with E-state index in [1.54, 1.807) is 0 Å². The van der Waals surface area contributed by atoms with Crippen LogP contribution in [0, 0.1) is 11.8 Å². The highest BCUT2D eigenvalue weighted by Gasteiger charge is 2.34. The molecule has 1 aromatic rings. The number of amides is 2. The highest BCUT2D eigenvalue weighted by atomic mass is 16.2. The Hall–Kier alpha value is -1.84. The molecule has 1 N–H and O–H groups in total. The third-order valence-electron chi connectivity index (χ3n) is 3.73. The lowest BCUT2D eigenvalue weighted by Gasteiger charge is -2.18. The van der Waals surface area contributed by atoms with E-state index in [4.69, 9.17) is 0 Å². The van der Waals surface area contributed by atoms with Crippen LogP contribution in [0.15, 0.2) is 30.3 Å². The van der Waals surface area contributed by atoms with E-state index in [0.717, 1.165) is 13.0 Å². The standard InChI is InChI=1S/C17H24N2O2/c1-13(2)11-19-12-15(10-16(19)20)17(21)18-9-8-14-6-4-3-5-7-14/h3-7,13,15H,8-12H2,1-2H3,(H,18,21). The fraction of sp³-hybridized carbons (Fsp3) is 0.529. The average Bonchev–Trinajstić information content (AvgIpc) is 2.80. The van der Waals surface area contributed by atoms with Gasteiger partial charge in [0.25, 0.3) is 0 Å². The molecule has 114 valence electrons. The number of likely N-dealkylation sites (tertiary alicyclic amines) is 1. The van der Waals surface area contributed by atoms with Crippen molar-refractivity contribution < 1.29 is 9.59 Å². The second-order valence-corrected chi connectivity index (χ2v) is 6.12. The second-order valence-electron chi connectivity index (χ2n) is 6.12. The summed E-state index contributed by atoms with van der Waals surface area (Å²) in [5.41, 5.74) is 1.21. The van der Waals surface area contributed by atoms with E-state index in [2.05, 4.69) is 31.3 Å². The first-order chi connectivity index (χ1) is 10.1. The van der Waals surface area contributed by atoms with Crippen LogP contribution in [0.2, 0.25) is 0 Å². The van der Waals surface area contributed by atoms with Gasteiger partial charge in [-0.25, -0.2) is 0 Å². The van der Waals surface area contributed by atoms with Gasteiger partial charge in [0.2, 0.25) is 11.8 Å². The molecule has 0 radical (unpaired) electrons. The van der Waals surface area contributed by atoms with Crippen molar-refractivity contribution in [2.75, 3.05) is 19.6 Å². The van der Waals surface area contributed by atoms with Crippen LogP contribution in [0.3, 0.4) is 0 Å². The summed E-state index contributed by atoms with van der Waals surface area (Å²) in [4.78, 5) is 25.8. The molecule has 2 amide bonds. The summed E-state index contributed by atoms with van der Waals surface area (Å²) in [6.45, 7) is 6.10. The Morgan fingerprint density at radius 2 is 2.05 bits per heavy atom. The van der Waals surface area contributed by atoms with Crippen molar-refractivity contribution in [1.29, 1.82) is 0 Å². The normalized spacial score (nSPS) is 18.3. The third kappa shape index (κ3) is 4.59. The molecular formula is C17H24N2O2. The van der Waals surface area contributed by atoms with Crippen LogP contribution in [0.4, 0.5) is 0 Å². The summed E-state index contributed by atoms with van der Waals surface area (Å²) in [5.74, 6) is 0.360. The zero-order chi connectivity index (χ0) is 15.2. The lowest BCUT2D eigenvalue weighted by Crippen LogP contribution is -2.35. The van der Waals surface area contributed by atoms with Crippen molar-refractivity contribution in [2.45, 2.75) is 26.7 Å². The zero-order valence-corrected chi connectivity index (χ0v) is 12.8.